The monoisotopic (exact) mass is 351 g/mol. The van der Waals surface area contributed by atoms with Gasteiger partial charge in [0.25, 0.3) is 0 Å². The normalized spacial score (nSPS) is 14.1. The Labute approximate surface area is 151 Å². The van der Waals surface area contributed by atoms with Crippen LogP contribution in [0.4, 0.5) is 0 Å². The fourth-order valence-electron chi connectivity index (χ4n) is 2.94. The third-order valence-electron chi connectivity index (χ3n) is 4.20. The van der Waals surface area contributed by atoms with Crippen LogP contribution in [0.5, 0.6) is 0 Å². The summed E-state index contributed by atoms with van der Waals surface area (Å²) >= 11 is 6.03. The molecular formula is C19H18ClN5. The molecule has 0 radical (unpaired) electrons. The second kappa shape index (κ2) is 6.61. The van der Waals surface area contributed by atoms with Crippen LogP contribution in [0, 0.1) is 0 Å². The van der Waals surface area contributed by atoms with Crippen LogP contribution in [0.2, 0.25) is 5.02 Å². The third kappa shape index (κ3) is 3.10. The van der Waals surface area contributed by atoms with Gasteiger partial charge < -0.3 is 10.3 Å². The maximum Gasteiger partial charge on any atom is 0.214 e. The molecule has 6 heteroatoms. The van der Waals surface area contributed by atoms with Crippen molar-refractivity contribution in [3.8, 4) is 11.3 Å². The van der Waals surface area contributed by atoms with Crippen molar-refractivity contribution in [2.45, 2.75) is 0 Å². The molecule has 3 aromatic rings. The van der Waals surface area contributed by atoms with E-state index in [-0.39, 0.29) is 0 Å². The van der Waals surface area contributed by atoms with Crippen molar-refractivity contribution < 1.29 is 0 Å². The van der Waals surface area contributed by atoms with Gasteiger partial charge in [0.1, 0.15) is 0 Å². The number of benzene rings is 2. The van der Waals surface area contributed by atoms with Crippen molar-refractivity contribution in [1.82, 2.24) is 15.3 Å². The highest BCUT2D eigenvalue weighted by Gasteiger charge is 2.13. The Morgan fingerprint density at radius 1 is 1.16 bits per heavy atom. The highest BCUT2D eigenvalue weighted by molar-refractivity contribution is 6.30. The maximum atomic E-state index is 6.03. The van der Waals surface area contributed by atoms with Crippen LogP contribution in [-0.2, 0) is 0 Å². The molecule has 0 atom stereocenters. The smallest absolute Gasteiger partial charge is 0.214 e. The predicted molar refractivity (Wildman–Crippen MR) is 104 cm³/mol. The Morgan fingerprint density at radius 3 is 2.72 bits per heavy atom. The molecule has 1 aromatic heterocycles. The molecule has 126 valence electrons. The lowest BCUT2D eigenvalue weighted by Gasteiger charge is -2.12. The van der Waals surface area contributed by atoms with E-state index in [2.05, 4.69) is 32.5 Å². The molecule has 1 aliphatic heterocycles. The quantitative estimate of drug-likeness (QED) is 0.558. The molecule has 4 rings (SSSR count). The van der Waals surface area contributed by atoms with Crippen molar-refractivity contribution in [3.63, 3.8) is 0 Å². The van der Waals surface area contributed by atoms with E-state index in [9.17, 15) is 0 Å². The summed E-state index contributed by atoms with van der Waals surface area (Å²) in [4.78, 5) is 7.88. The van der Waals surface area contributed by atoms with E-state index in [4.69, 9.17) is 11.6 Å². The SMILES string of the molecule is CN(/N=C/c1c(-c2ccc(Cl)cc2)[nH]c2ccccc12)C1=NCCN1. The summed E-state index contributed by atoms with van der Waals surface area (Å²) in [6.07, 6.45) is 1.88. The summed E-state index contributed by atoms with van der Waals surface area (Å²) < 4.78 is 0. The number of aliphatic imine (C=N–C) groups is 1. The van der Waals surface area contributed by atoms with Crippen molar-refractivity contribution in [3.05, 3.63) is 59.1 Å². The van der Waals surface area contributed by atoms with Gasteiger partial charge in [0.05, 0.1) is 18.5 Å². The predicted octanol–water partition coefficient (Wildman–Crippen LogP) is 3.71. The van der Waals surface area contributed by atoms with Gasteiger partial charge in [0.2, 0.25) is 5.96 Å². The summed E-state index contributed by atoms with van der Waals surface area (Å²) in [6, 6.07) is 16.0. The molecule has 0 aliphatic carbocycles. The number of para-hydroxylation sites is 1. The number of H-pyrrole nitrogens is 1. The lowest BCUT2D eigenvalue weighted by Crippen LogP contribution is -2.32. The standard InChI is InChI=1S/C19H18ClN5/c1-25(19-21-10-11-22-19)23-12-16-15-4-2-3-5-17(15)24-18(16)13-6-8-14(20)9-7-13/h2-9,12,24H,10-11H2,1H3,(H,21,22)/b23-12+. The van der Waals surface area contributed by atoms with Gasteiger partial charge in [-0.05, 0) is 23.8 Å². The van der Waals surface area contributed by atoms with Gasteiger partial charge in [-0.25, -0.2) is 10.0 Å². The summed E-state index contributed by atoms with van der Waals surface area (Å²) in [7, 11) is 1.89. The number of hydrogen-bond donors (Lipinski definition) is 2. The summed E-state index contributed by atoms with van der Waals surface area (Å²) in [5.74, 6) is 0.795. The van der Waals surface area contributed by atoms with Crippen molar-refractivity contribution in [2.75, 3.05) is 20.1 Å². The van der Waals surface area contributed by atoms with E-state index >= 15 is 0 Å². The minimum absolute atomic E-state index is 0.722. The third-order valence-corrected chi connectivity index (χ3v) is 4.45. The molecule has 2 heterocycles. The van der Waals surface area contributed by atoms with Gasteiger partial charge in [-0.3, -0.25) is 0 Å². The highest BCUT2D eigenvalue weighted by Crippen LogP contribution is 2.29. The highest BCUT2D eigenvalue weighted by atomic mass is 35.5. The molecule has 0 bridgehead atoms. The average molecular weight is 352 g/mol. The zero-order valence-electron chi connectivity index (χ0n) is 13.8. The fraction of sp³-hybridized carbons (Fsp3) is 0.158. The molecule has 0 spiro atoms. The zero-order valence-corrected chi connectivity index (χ0v) is 14.6. The number of fused-ring (bicyclic) bond motifs is 1. The average Bonchev–Trinajstić information content (AvgIpc) is 3.28. The largest absolute Gasteiger partial charge is 0.354 e. The van der Waals surface area contributed by atoms with Gasteiger partial charge in [0, 0.05) is 35.1 Å². The van der Waals surface area contributed by atoms with Gasteiger partial charge in [-0.15, -0.1) is 0 Å². The number of nitrogens with one attached hydrogen (secondary N) is 2. The Morgan fingerprint density at radius 2 is 1.96 bits per heavy atom. The number of nitrogens with zero attached hydrogens (tertiary/aromatic N) is 3. The number of guanidine groups is 1. The molecule has 2 aromatic carbocycles. The van der Waals surface area contributed by atoms with E-state index in [1.54, 1.807) is 5.01 Å². The summed E-state index contributed by atoms with van der Waals surface area (Å²) in [5.41, 5.74) is 4.22. The first-order valence-corrected chi connectivity index (χ1v) is 8.53. The number of hydrogen-bond acceptors (Lipinski definition) is 4. The Bertz CT molecular complexity index is 956. The first kappa shape index (κ1) is 15.7. The summed E-state index contributed by atoms with van der Waals surface area (Å²) in [5, 5.41) is 11.4. The molecule has 0 saturated carbocycles. The van der Waals surface area contributed by atoms with Gasteiger partial charge in [-0.2, -0.15) is 5.10 Å². The molecule has 25 heavy (non-hydrogen) atoms. The van der Waals surface area contributed by atoms with Crippen LogP contribution in [-0.4, -0.2) is 42.3 Å². The lowest BCUT2D eigenvalue weighted by atomic mass is 10.1. The Hall–Kier alpha value is -2.79. The number of aromatic nitrogens is 1. The zero-order chi connectivity index (χ0) is 17.2. The molecule has 5 nitrogen and oxygen atoms in total. The van der Waals surface area contributed by atoms with Crippen LogP contribution in [0.25, 0.3) is 22.2 Å². The molecule has 0 unspecified atom stereocenters. The molecule has 0 saturated heterocycles. The minimum Gasteiger partial charge on any atom is -0.354 e. The molecular weight excluding hydrogens is 334 g/mol. The second-order valence-corrected chi connectivity index (χ2v) is 6.30. The molecule has 0 fully saturated rings. The first-order valence-electron chi connectivity index (χ1n) is 8.15. The number of aromatic amines is 1. The maximum absolute atomic E-state index is 6.03. The van der Waals surface area contributed by atoms with Crippen molar-refractivity contribution >= 4 is 34.7 Å². The second-order valence-electron chi connectivity index (χ2n) is 5.87. The number of rotatable bonds is 3. The van der Waals surface area contributed by atoms with Gasteiger partial charge in [0.15, 0.2) is 0 Å². The van der Waals surface area contributed by atoms with Crippen molar-refractivity contribution in [2.24, 2.45) is 10.1 Å². The van der Waals surface area contributed by atoms with Crippen LogP contribution in [0.3, 0.4) is 0 Å². The van der Waals surface area contributed by atoms with Crippen LogP contribution in [0.1, 0.15) is 5.56 Å². The van der Waals surface area contributed by atoms with Gasteiger partial charge >= 0.3 is 0 Å². The van der Waals surface area contributed by atoms with E-state index in [0.717, 1.165) is 51.8 Å². The Balaban J connectivity index is 1.78. The van der Waals surface area contributed by atoms with E-state index in [1.165, 1.54) is 0 Å². The van der Waals surface area contributed by atoms with E-state index in [1.807, 2.05) is 49.7 Å². The molecule has 1 aliphatic rings. The number of hydrazone groups is 1. The first-order chi connectivity index (χ1) is 12.2. The van der Waals surface area contributed by atoms with Gasteiger partial charge in [-0.1, -0.05) is 41.9 Å². The van der Waals surface area contributed by atoms with E-state index in [0.29, 0.717) is 0 Å². The topological polar surface area (TPSA) is 55.8 Å². The van der Waals surface area contributed by atoms with Crippen LogP contribution >= 0.6 is 11.6 Å². The minimum atomic E-state index is 0.722. The molecule has 2 N–H and O–H groups in total. The van der Waals surface area contributed by atoms with Crippen LogP contribution < -0.4 is 5.32 Å². The van der Waals surface area contributed by atoms with E-state index < -0.39 is 0 Å². The lowest BCUT2D eigenvalue weighted by molar-refractivity contribution is 0.531. The summed E-state index contributed by atoms with van der Waals surface area (Å²) in [6.45, 7) is 1.65. The van der Waals surface area contributed by atoms with Crippen LogP contribution in [0.15, 0.2) is 58.6 Å². The number of halogens is 1. The fourth-order valence-corrected chi connectivity index (χ4v) is 3.07. The van der Waals surface area contributed by atoms with Crippen molar-refractivity contribution in [1.29, 1.82) is 0 Å². The molecule has 0 amide bonds. The Kier molecular flexibility index (Phi) is 4.15.